The van der Waals surface area contributed by atoms with Crippen LogP contribution in [0.1, 0.15) is 15.9 Å². The number of nitrogens with zero attached hydrogens (tertiary/aromatic N) is 3. The van der Waals surface area contributed by atoms with E-state index in [-0.39, 0.29) is 11.4 Å². The van der Waals surface area contributed by atoms with E-state index in [4.69, 9.17) is 10.5 Å². The number of aromatic nitrogens is 2. The first-order valence-electron chi connectivity index (χ1n) is 7.45. The van der Waals surface area contributed by atoms with Crippen LogP contribution in [0.15, 0.2) is 54.7 Å². The number of hydrogen-bond donors (Lipinski definition) is 1. The summed E-state index contributed by atoms with van der Waals surface area (Å²) in [7, 11) is 1.33. The number of hydrogen-bond acceptors (Lipinski definition) is 6. The van der Waals surface area contributed by atoms with Crippen molar-refractivity contribution in [3.8, 4) is 28.6 Å². The molecule has 0 aliphatic heterocycles. The van der Waals surface area contributed by atoms with Gasteiger partial charge in [0.05, 0.1) is 24.1 Å². The number of benzene rings is 1. The van der Waals surface area contributed by atoms with Gasteiger partial charge in [0, 0.05) is 11.8 Å². The molecule has 6 nitrogen and oxygen atoms in total. The zero-order chi connectivity index (χ0) is 17.8. The summed E-state index contributed by atoms with van der Waals surface area (Å²) in [5.41, 5.74) is 9.29. The molecule has 0 amide bonds. The molecule has 0 fully saturated rings. The lowest BCUT2D eigenvalue weighted by Crippen LogP contribution is -2.02. The molecule has 0 unspecified atom stereocenters. The van der Waals surface area contributed by atoms with Crippen LogP contribution in [0.3, 0.4) is 0 Å². The Morgan fingerprint density at radius 2 is 1.92 bits per heavy atom. The van der Waals surface area contributed by atoms with Crippen molar-refractivity contribution in [2.75, 3.05) is 12.8 Å². The first-order chi connectivity index (χ1) is 12.1. The molecular weight excluding hydrogens is 316 g/mol. The van der Waals surface area contributed by atoms with Crippen molar-refractivity contribution in [3.63, 3.8) is 0 Å². The third-order valence-electron chi connectivity index (χ3n) is 3.70. The quantitative estimate of drug-likeness (QED) is 0.741. The number of pyridine rings is 2. The molecule has 0 aliphatic rings. The molecule has 0 bridgehead atoms. The minimum absolute atomic E-state index is 0.137. The van der Waals surface area contributed by atoms with Crippen LogP contribution in [0.4, 0.5) is 5.82 Å². The molecule has 25 heavy (non-hydrogen) atoms. The number of carbonyl (C=O) groups is 1. The van der Waals surface area contributed by atoms with Gasteiger partial charge >= 0.3 is 5.97 Å². The fraction of sp³-hybridized carbons (Fsp3) is 0.0526. The minimum atomic E-state index is -0.421. The van der Waals surface area contributed by atoms with Crippen molar-refractivity contribution >= 4 is 11.8 Å². The lowest BCUT2D eigenvalue weighted by molar-refractivity contribution is 0.0601. The Morgan fingerprint density at radius 3 is 2.52 bits per heavy atom. The number of carbonyl (C=O) groups excluding carboxylic acids is 1. The fourth-order valence-corrected chi connectivity index (χ4v) is 2.46. The molecule has 2 aromatic heterocycles. The van der Waals surface area contributed by atoms with Crippen LogP contribution in [0.25, 0.3) is 22.5 Å². The van der Waals surface area contributed by atoms with E-state index < -0.39 is 5.97 Å². The zero-order valence-corrected chi connectivity index (χ0v) is 13.4. The smallest absolute Gasteiger partial charge is 0.337 e. The summed E-state index contributed by atoms with van der Waals surface area (Å²) in [6.45, 7) is 0. The molecule has 2 N–H and O–H groups in total. The maximum absolute atomic E-state index is 11.6. The number of nitrogens with two attached hydrogens (primary N) is 1. The van der Waals surface area contributed by atoms with Crippen LogP contribution in [0, 0.1) is 11.3 Å². The molecule has 0 saturated carbocycles. The van der Waals surface area contributed by atoms with Crippen molar-refractivity contribution in [3.05, 3.63) is 65.9 Å². The summed E-state index contributed by atoms with van der Waals surface area (Å²) in [6.07, 6.45) is 1.66. The molecule has 0 atom stereocenters. The second-order valence-corrected chi connectivity index (χ2v) is 5.21. The molecule has 0 spiro atoms. The topological polar surface area (TPSA) is 102 Å². The van der Waals surface area contributed by atoms with Crippen molar-refractivity contribution in [2.24, 2.45) is 0 Å². The van der Waals surface area contributed by atoms with Crippen LogP contribution >= 0.6 is 0 Å². The Hall–Kier alpha value is -3.72. The Bertz CT molecular complexity index is 961. The molecule has 0 aliphatic carbocycles. The summed E-state index contributed by atoms with van der Waals surface area (Å²) in [4.78, 5) is 20.1. The predicted molar refractivity (Wildman–Crippen MR) is 93.4 cm³/mol. The summed E-state index contributed by atoms with van der Waals surface area (Å²) in [5, 5.41) is 9.44. The predicted octanol–water partition coefficient (Wildman–Crippen LogP) is 3.05. The van der Waals surface area contributed by atoms with Gasteiger partial charge in [-0.25, -0.2) is 9.78 Å². The fourth-order valence-electron chi connectivity index (χ4n) is 2.46. The lowest BCUT2D eigenvalue weighted by Gasteiger charge is -2.10. The molecule has 0 saturated heterocycles. The lowest BCUT2D eigenvalue weighted by atomic mass is 9.98. The molecule has 3 rings (SSSR count). The Morgan fingerprint density at radius 1 is 1.16 bits per heavy atom. The maximum Gasteiger partial charge on any atom is 0.337 e. The highest BCUT2D eigenvalue weighted by molar-refractivity contribution is 5.90. The minimum Gasteiger partial charge on any atom is -0.465 e. The zero-order valence-electron chi connectivity index (χ0n) is 13.4. The molecule has 0 radical (unpaired) electrons. The summed E-state index contributed by atoms with van der Waals surface area (Å²) < 4.78 is 4.69. The van der Waals surface area contributed by atoms with E-state index in [2.05, 4.69) is 16.0 Å². The number of nitrogen functional groups attached to an aromatic ring is 1. The van der Waals surface area contributed by atoms with Gasteiger partial charge in [0.25, 0.3) is 0 Å². The van der Waals surface area contributed by atoms with Crippen molar-refractivity contribution in [2.45, 2.75) is 0 Å². The molecule has 6 heteroatoms. The summed E-state index contributed by atoms with van der Waals surface area (Å²) in [5.74, 6) is -0.284. The van der Waals surface area contributed by atoms with Gasteiger partial charge in [0.2, 0.25) is 0 Å². The van der Waals surface area contributed by atoms with Crippen LogP contribution in [0.5, 0.6) is 0 Å². The third-order valence-corrected chi connectivity index (χ3v) is 3.70. The SMILES string of the molecule is COC(=O)c1ccc(-c2cc(-c3ccccn3)nc(N)c2C#N)cc1. The number of esters is 1. The molecule has 1 aromatic carbocycles. The van der Waals surface area contributed by atoms with E-state index in [0.717, 1.165) is 5.56 Å². The van der Waals surface area contributed by atoms with E-state index in [1.807, 2.05) is 18.2 Å². The molecule has 3 aromatic rings. The highest BCUT2D eigenvalue weighted by atomic mass is 16.5. The number of ether oxygens (including phenoxy) is 1. The Balaban J connectivity index is 2.13. The monoisotopic (exact) mass is 330 g/mol. The average molecular weight is 330 g/mol. The Kier molecular flexibility index (Phi) is 4.40. The number of nitriles is 1. The van der Waals surface area contributed by atoms with Crippen LogP contribution in [0.2, 0.25) is 0 Å². The van der Waals surface area contributed by atoms with Crippen LogP contribution < -0.4 is 5.73 Å². The molecule has 2 heterocycles. The largest absolute Gasteiger partial charge is 0.465 e. The van der Waals surface area contributed by atoms with E-state index in [0.29, 0.717) is 22.5 Å². The van der Waals surface area contributed by atoms with Gasteiger partial charge in [0.1, 0.15) is 17.5 Å². The van der Waals surface area contributed by atoms with Crippen molar-refractivity contribution in [1.29, 1.82) is 5.26 Å². The average Bonchev–Trinajstić information content (AvgIpc) is 2.67. The summed E-state index contributed by atoms with van der Waals surface area (Å²) >= 11 is 0. The van der Waals surface area contributed by atoms with Crippen molar-refractivity contribution < 1.29 is 9.53 Å². The Labute approximate surface area is 144 Å². The van der Waals surface area contributed by atoms with Crippen molar-refractivity contribution in [1.82, 2.24) is 9.97 Å². The first kappa shape index (κ1) is 16.1. The van der Waals surface area contributed by atoms with Crippen LogP contribution in [-0.4, -0.2) is 23.0 Å². The molecular formula is C19H14N4O2. The number of rotatable bonds is 3. The van der Waals surface area contributed by atoms with Crippen LogP contribution in [-0.2, 0) is 4.74 Å². The van der Waals surface area contributed by atoms with E-state index in [9.17, 15) is 10.1 Å². The van der Waals surface area contributed by atoms with Gasteiger partial charge in [-0.05, 0) is 35.9 Å². The first-order valence-corrected chi connectivity index (χ1v) is 7.45. The second kappa shape index (κ2) is 6.81. The molecule has 122 valence electrons. The van der Waals surface area contributed by atoms with E-state index in [1.165, 1.54) is 7.11 Å². The maximum atomic E-state index is 11.6. The number of methoxy groups -OCH3 is 1. The van der Waals surface area contributed by atoms with Gasteiger partial charge in [-0.2, -0.15) is 5.26 Å². The van der Waals surface area contributed by atoms with Gasteiger partial charge < -0.3 is 10.5 Å². The van der Waals surface area contributed by atoms with E-state index in [1.54, 1.807) is 36.5 Å². The van der Waals surface area contributed by atoms with Gasteiger partial charge in [-0.15, -0.1) is 0 Å². The normalized spacial score (nSPS) is 10.1. The highest BCUT2D eigenvalue weighted by Gasteiger charge is 2.14. The third kappa shape index (κ3) is 3.16. The van der Waals surface area contributed by atoms with Gasteiger partial charge in [0.15, 0.2) is 0 Å². The number of anilines is 1. The van der Waals surface area contributed by atoms with Gasteiger partial charge in [-0.1, -0.05) is 18.2 Å². The second-order valence-electron chi connectivity index (χ2n) is 5.21. The summed E-state index contributed by atoms with van der Waals surface area (Å²) in [6, 6.07) is 16.1. The van der Waals surface area contributed by atoms with Gasteiger partial charge in [-0.3, -0.25) is 4.98 Å². The highest BCUT2D eigenvalue weighted by Crippen LogP contribution is 2.30. The van der Waals surface area contributed by atoms with E-state index >= 15 is 0 Å². The standard InChI is InChI=1S/C19H14N4O2/c1-25-19(24)13-7-5-12(6-8-13)14-10-17(16-4-2-3-9-22-16)23-18(21)15(14)11-20/h2-10H,1H3,(H2,21,23).